The summed E-state index contributed by atoms with van der Waals surface area (Å²) in [6.45, 7) is 5.41. The van der Waals surface area contributed by atoms with Crippen LogP contribution in [-0.2, 0) is 24.9 Å². The van der Waals surface area contributed by atoms with Gasteiger partial charge >= 0.3 is 0 Å². The highest BCUT2D eigenvalue weighted by atomic mass is 127. The van der Waals surface area contributed by atoms with Crippen LogP contribution in [0.25, 0.3) is 0 Å². The predicted molar refractivity (Wildman–Crippen MR) is 135 cm³/mol. The molecule has 184 valence electrons. The van der Waals surface area contributed by atoms with Gasteiger partial charge in [-0.2, -0.15) is 0 Å². The third-order valence-electron chi connectivity index (χ3n) is 5.67. The Morgan fingerprint density at radius 1 is 1.27 bits per heavy atom. The van der Waals surface area contributed by atoms with Gasteiger partial charge in [0, 0.05) is 52.0 Å². The zero-order valence-corrected chi connectivity index (χ0v) is 21.8. The first-order valence-corrected chi connectivity index (χ1v) is 11.0. The first kappa shape index (κ1) is 27.4. The minimum atomic E-state index is -0.499. The lowest BCUT2D eigenvalue weighted by Gasteiger charge is -2.34. The molecule has 0 bridgehead atoms. The van der Waals surface area contributed by atoms with Crippen molar-refractivity contribution in [3.8, 4) is 0 Å². The fourth-order valence-electron chi connectivity index (χ4n) is 3.73. The van der Waals surface area contributed by atoms with E-state index in [1.54, 1.807) is 7.11 Å². The zero-order chi connectivity index (χ0) is 22.9. The number of methoxy groups -OCH3 is 1. The number of hydrogen-bond donors (Lipinski definition) is 2. The number of nitrogens with one attached hydrogen (secondary N) is 2. The van der Waals surface area contributed by atoms with Crippen molar-refractivity contribution < 1.29 is 13.5 Å². The maximum absolute atomic E-state index is 14.1. The molecule has 8 nitrogen and oxygen atoms in total. The molecule has 33 heavy (non-hydrogen) atoms. The molecule has 0 saturated carbocycles. The number of likely N-dealkylation sites (tertiary alicyclic amines) is 1. The molecule has 1 saturated heterocycles. The molecule has 2 aromatic rings. The van der Waals surface area contributed by atoms with Crippen molar-refractivity contribution in [1.29, 1.82) is 0 Å². The Morgan fingerprint density at radius 3 is 2.70 bits per heavy atom. The fourth-order valence-corrected chi connectivity index (χ4v) is 3.73. The van der Waals surface area contributed by atoms with E-state index < -0.39 is 11.6 Å². The maximum Gasteiger partial charge on any atom is 0.191 e. The molecule has 2 heterocycles. The van der Waals surface area contributed by atoms with Gasteiger partial charge in [0.2, 0.25) is 0 Å². The summed E-state index contributed by atoms with van der Waals surface area (Å²) in [4.78, 5) is 6.77. The molecule has 0 spiro atoms. The Morgan fingerprint density at radius 2 is 2.03 bits per heavy atom. The lowest BCUT2D eigenvalue weighted by atomic mass is 10.0. The molecule has 0 aliphatic carbocycles. The number of benzene rings is 1. The highest BCUT2D eigenvalue weighted by molar-refractivity contribution is 14.0. The molecule has 1 aromatic heterocycles. The van der Waals surface area contributed by atoms with E-state index in [4.69, 9.17) is 4.74 Å². The molecule has 0 amide bonds. The molecule has 1 fully saturated rings. The summed E-state index contributed by atoms with van der Waals surface area (Å²) >= 11 is 0. The first-order chi connectivity index (χ1) is 15.5. The Bertz CT molecular complexity index is 889. The summed E-state index contributed by atoms with van der Waals surface area (Å²) in [5.41, 5.74) is 0.123. The van der Waals surface area contributed by atoms with E-state index in [1.807, 2.05) is 18.5 Å². The van der Waals surface area contributed by atoms with Gasteiger partial charge in [0.15, 0.2) is 11.8 Å². The van der Waals surface area contributed by atoms with E-state index in [-0.39, 0.29) is 42.1 Å². The molecule has 0 radical (unpaired) electrons. The Balaban J connectivity index is 0.00000385. The second-order valence-corrected chi connectivity index (χ2v) is 8.08. The van der Waals surface area contributed by atoms with Gasteiger partial charge in [0.25, 0.3) is 0 Å². The summed E-state index contributed by atoms with van der Waals surface area (Å²) < 4.78 is 35.2. The normalized spacial score (nSPS) is 17.0. The van der Waals surface area contributed by atoms with Crippen molar-refractivity contribution in [3.63, 3.8) is 0 Å². The van der Waals surface area contributed by atoms with Crippen LogP contribution in [0.4, 0.5) is 8.78 Å². The molecule has 2 N–H and O–H groups in total. The van der Waals surface area contributed by atoms with E-state index in [9.17, 15) is 8.78 Å². The molecule has 11 heteroatoms. The largest absolute Gasteiger partial charge is 0.385 e. The minimum Gasteiger partial charge on any atom is -0.385 e. The van der Waals surface area contributed by atoms with Gasteiger partial charge in [-0.05, 0) is 44.9 Å². The average Bonchev–Trinajstić information content (AvgIpc) is 3.10. The van der Waals surface area contributed by atoms with Gasteiger partial charge in [-0.3, -0.25) is 4.90 Å². The number of hydrogen-bond acceptors (Lipinski definition) is 5. The predicted octanol–water partition coefficient (Wildman–Crippen LogP) is 2.76. The Hall–Kier alpha value is -1.86. The molecule has 1 unspecified atom stereocenters. The molecule has 1 aromatic carbocycles. The van der Waals surface area contributed by atoms with Crippen LogP contribution in [0.1, 0.15) is 36.5 Å². The maximum atomic E-state index is 14.1. The van der Waals surface area contributed by atoms with Crippen LogP contribution in [0, 0.1) is 18.6 Å². The van der Waals surface area contributed by atoms with Crippen molar-refractivity contribution in [1.82, 2.24) is 30.3 Å². The van der Waals surface area contributed by atoms with E-state index in [0.717, 1.165) is 37.5 Å². The Kier molecular flexibility index (Phi) is 11.4. The van der Waals surface area contributed by atoms with Crippen molar-refractivity contribution in [3.05, 3.63) is 47.0 Å². The second kappa shape index (κ2) is 13.8. The number of nitrogens with zero attached hydrogens (tertiary/aromatic N) is 5. The van der Waals surface area contributed by atoms with E-state index in [0.29, 0.717) is 32.2 Å². The average molecular weight is 577 g/mol. The van der Waals surface area contributed by atoms with Gasteiger partial charge in [0.05, 0.1) is 0 Å². The molecular formula is C22H34F2IN7O. The summed E-state index contributed by atoms with van der Waals surface area (Å²) in [5, 5.41) is 15.1. The smallest absolute Gasteiger partial charge is 0.191 e. The summed E-state index contributed by atoms with van der Waals surface area (Å²) in [7, 11) is 3.60. The third kappa shape index (κ3) is 8.14. The van der Waals surface area contributed by atoms with Gasteiger partial charge in [-0.25, -0.2) is 13.8 Å². The Labute approximate surface area is 211 Å². The van der Waals surface area contributed by atoms with E-state index in [2.05, 4.69) is 30.7 Å². The SMILES string of the molecule is COCCCNC(=NCc1nnc(C)n1C)NC1CCCN(Cc2c(F)cccc2F)C1.I. The number of aryl methyl sites for hydroxylation is 1. The molecular weight excluding hydrogens is 543 g/mol. The number of aliphatic imine (C=N–C) groups is 1. The van der Waals surface area contributed by atoms with Crippen molar-refractivity contribution in [2.75, 3.05) is 33.4 Å². The first-order valence-electron chi connectivity index (χ1n) is 11.0. The van der Waals surface area contributed by atoms with Gasteiger partial charge in [-0.1, -0.05) is 6.07 Å². The number of aromatic nitrogens is 3. The van der Waals surface area contributed by atoms with Crippen LogP contribution in [0.2, 0.25) is 0 Å². The van der Waals surface area contributed by atoms with Crippen molar-refractivity contribution >= 4 is 29.9 Å². The summed E-state index contributed by atoms with van der Waals surface area (Å²) in [6, 6.07) is 4.13. The highest BCUT2D eigenvalue weighted by Crippen LogP contribution is 2.18. The quantitative estimate of drug-likeness (QED) is 0.207. The van der Waals surface area contributed by atoms with Crippen molar-refractivity contribution in [2.24, 2.45) is 12.0 Å². The monoisotopic (exact) mass is 577 g/mol. The number of halogens is 3. The standard InChI is InChI=1S/C22H33F2N7O.HI/c1-16-28-29-21(30(16)2)13-26-22(25-10-6-12-32-3)27-17-7-5-11-31(14-17)15-18-19(23)8-4-9-20(18)24;/h4,8-9,17H,5-7,10-15H2,1-3H3,(H2,25,26,27);1H. The topological polar surface area (TPSA) is 79.6 Å². The van der Waals surface area contributed by atoms with Crippen LogP contribution in [0.3, 0.4) is 0 Å². The van der Waals surface area contributed by atoms with Crippen molar-refractivity contribution in [2.45, 2.75) is 45.3 Å². The summed E-state index contributed by atoms with van der Waals surface area (Å²) in [5.74, 6) is 1.30. The van der Waals surface area contributed by atoms with E-state index in [1.165, 1.54) is 18.2 Å². The van der Waals surface area contributed by atoms with Crippen LogP contribution in [-0.4, -0.2) is 65.0 Å². The lowest BCUT2D eigenvalue weighted by Crippen LogP contribution is -2.51. The van der Waals surface area contributed by atoms with Crippen LogP contribution in [0.5, 0.6) is 0 Å². The van der Waals surface area contributed by atoms with E-state index >= 15 is 0 Å². The van der Waals surface area contributed by atoms with Gasteiger partial charge in [0.1, 0.15) is 24.0 Å². The summed E-state index contributed by atoms with van der Waals surface area (Å²) in [6.07, 6.45) is 2.74. The lowest BCUT2D eigenvalue weighted by molar-refractivity contribution is 0.187. The van der Waals surface area contributed by atoms with Gasteiger partial charge < -0.3 is 19.9 Å². The minimum absolute atomic E-state index is 0. The molecule has 3 rings (SSSR count). The molecule has 1 aliphatic rings. The highest BCUT2D eigenvalue weighted by Gasteiger charge is 2.23. The fraction of sp³-hybridized carbons (Fsp3) is 0.591. The number of rotatable bonds is 9. The van der Waals surface area contributed by atoms with Crippen LogP contribution < -0.4 is 10.6 Å². The number of guanidine groups is 1. The molecule has 1 aliphatic heterocycles. The third-order valence-corrected chi connectivity index (χ3v) is 5.67. The van der Waals surface area contributed by atoms with Crippen LogP contribution in [0.15, 0.2) is 23.2 Å². The number of ether oxygens (including phenoxy) is 1. The second-order valence-electron chi connectivity index (χ2n) is 8.08. The molecule has 1 atom stereocenters. The zero-order valence-electron chi connectivity index (χ0n) is 19.5. The van der Waals surface area contributed by atoms with Gasteiger partial charge in [-0.15, -0.1) is 34.2 Å². The number of piperidine rings is 1. The van der Waals surface area contributed by atoms with Crippen LogP contribution >= 0.6 is 24.0 Å².